The fraction of sp³-hybridized carbons (Fsp3) is 0.245. The summed E-state index contributed by atoms with van der Waals surface area (Å²) in [6.45, 7) is 3.59. The molecule has 64 heavy (non-hydrogen) atoms. The van der Waals surface area contributed by atoms with E-state index >= 15 is 4.79 Å². The van der Waals surface area contributed by atoms with Crippen LogP contribution in [0.5, 0.6) is 5.75 Å². The van der Waals surface area contributed by atoms with Crippen LogP contribution in [0.3, 0.4) is 0 Å². The fourth-order valence-electron chi connectivity index (χ4n) is 9.74. The summed E-state index contributed by atoms with van der Waals surface area (Å²) in [5.74, 6) is 0.734. The van der Waals surface area contributed by atoms with Crippen LogP contribution < -0.4 is 16.0 Å². The number of benzene rings is 5. The number of cyclic esters (lactones) is 1. The number of carbonyl (C=O) groups is 5. The van der Waals surface area contributed by atoms with Crippen LogP contribution >= 0.6 is 0 Å². The Labute approximate surface area is 367 Å². The molecule has 322 valence electrons. The maximum Gasteiger partial charge on any atom is 0.329 e. The third-order valence-corrected chi connectivity index (χ3v) is 12.5. The zero-order chi connectivity index (χ0) is 44.9. The summed E-state index contributed by atoms with van der Waals surface area (Å²) >= 11 is 0. The van der Waals surface area contributed by atoms with Crippen molar-refractivity contribution in [3.63, 3.8) is 0 Å². The summed E-state index contributed by atoms with van der Waals surface area (Å²) in [6, 6.07) is 31.3. The van der Waals surface area contributed by atoms with Crippen molar-refractivity contribution in [2.75, 3.05) is 12.0 Å². The molecule has 5 aromatic carbocycles. The second-order valence-electron chi connectivity index (χ2n) is 16.4. The highest BCUT2D eigenvalue weighted by Gasteiger charge is 2.75. The number of nitrogens with zero attached hydrogens (tertiary/aromatic N) is 5. The normalized spacial score (nSPS) is 22.9. The number of para-hydroxylation sites is 1. The van der Waals surface area contributed by atoms with E-state index in [2.05, 4.69) is 27.5 Å². The van der Waals surface area contributed by atoms with Crippen molar-refractivity contribution in [2.24, 2.45) is 17.6 Å². The van der Waals surface area contributed by atoms with Gasteiger partial charge in [-0.2, -0.15) is 0 Å². The molecule has 15 nitrogen and oxygen atoms in total. The average molecular weight is 858 g/mol. The Morgan fingerprint density at radius 3 is 2.22 bits per heavy atom. The van der Waals surface area contributed by atoms with E-state index in [1.165, 1.54) is 19.2 Å². The number of carbonyl (C=O) groups excluding carboxylic acids is 5. The minimum absolute atomic E-state index is 0.0713. The molecular formula is C49H43N7O8. The SMILES string of the molecule is COC(=O)[C@@H](NC(=O)N1C(=O)[C@@]2(c3cc(C#CCn4nnc5ccccc54)ccc31)[C@H](C(N)=O)[C@H]1C(=O)O[C@H](c3ccccc3)[C@H](c3ccccc3)N1[C@@H]2c1ccc(O)cc1)C(C)C. The first-order chi connectivity index (χ1) is 30.9. The summed E-state index contributed by atoms with van der Waals surface area (Å²) < 4.78 is 13.0. The summed E-state index contributed by atoms with van der Waals surface area (Å²) in [7, 11) is 1.20. The van der Waals surface area contributed by atoms with Crippen molar-refractivity contribution in [1.29, 1.82) is 0 Å². The zero-order valence-electron chi connectivity index (χ0n) is 35.0. The number of esters is 2. The van der Waals surface area contributed by atoms with E-state index in [0.717, 1.165) is 10.4 Å². The number of aromatic nitrogens is 3. The van der Waals surface area contributed by atoms with Crippen molar-refractivity contribution >= 4 is 46.5 Å². The van der Waals surface area contributed by atoms with Crippen LogP contribution in [0.2, 0.25) is 0 Å². The van der Waals surface area contributed by atoms with Crippen LogP contribution in [0.4, 0.5) is 10.5 Å². The highest BCUT2D eigenvalue weighted by molar-refractivity contribution is 6.25. The molecular weight excluding hydrogens is 815 g/mol. The molecule has 4 N–H and O–H groups in total. The lowest BCUT2D eigenvalue weighted by Crippen LogP contribution is -2.57. The largest absolute Gasteiger partial charge is 0.508 e. The van der Waals surface area contributed by atoms with Crippen LogP contribution in [0.15, 0.2) is 127 Å². The van der Waals surface area contributed by atoms with Gasteiger partial charge in [0.15, 0.2) is 0 Å². The van der Waals surface area contributed by atoms with E-state index in [4.69, 9.17) is 15.2 Å². The van der Waals surface area contributed by atoms with Gasteiger partial charge >= 0.3 is 18.0 Å². The average Bonchev–Trinajstić information content (AvgIpc) is 3.94. The fourth-order valence-corrected chi connectivity index (χ4v) is 9.74. The number of imide groups is 1. The smallest absolute Gasteiger partial charge is 0.329 e. The lowest BCUT2D eigenvalue weighted by molar-refractivity contribution is -0.178. The van der Waals surface area contributed by atoms with Gasteiger partial charge in [-0.25, -0.2) is 19.2 Å². The van der Waals surface area contributed by atoms with Crippen LogP contribution in [0.1, 0.15) is 59.9 Å². The molecule has 9 rings (SSSR count). The molecule has 1 aromatic heterocycles. The van der Waals surface area contributed by atoms with Crippen LogP contribution in [-0.2, 0) is 40.6 Å². The maximum absolute atomic E-state index is 16.1. The first kappa shape index (κ1) is 41.5. The zero-order valence-corrected chi connectivity index (χ0v) is 35.0. The van der Waals surface area contributed by atoms with Crippen LogP contribution in [0, 0.1) is 23.7 Å². The summed E-state index contributed by atoms with van der Waals surface area (Å²) in [5, 5.41) is 21.8. The monoisotopic (exact) mass is 857 g/mol. The molecule has 1 spiro atoms. The number of morpholine rings is 1. The number of nitrogens with two attached hydrogens (primary N) is 1. The van der Waals surface area contributed by atoms with Gasteiger partial charge in [0.05, 0.1) is 36.3 Å². The van der Waals surface area contributed by atoms with Gasteiger partial charge in [0.25, 0.3) is 0 Å². The van der Waals surface area contributed by atoms with Gasteiger partial charge in [0.1, 0.15) is 41.4 Å². The van der Waals surface area contributed by atoms with E-state index in [0.29, 0.717) is 27.8 Å². The van der Waals surface area contributed by atoms with Crippen molar-refractivity contribution in [3.8, 4) is 17.6 Å². The third kappa shape index (κ3) is 6.70. The molecule has 0 bridgehead atoms. The molecule has 0 unspecified atom stereocenters. The number of hydrogen-bond acceptors (Lipinski definition) is 11. The Bertz CT molecular complexity index is 2870. The summed E-state index contributed by atoms with van der Waals surface area (Å²) in [4.78, 5) is 76.0. The standard InChI is InChI=1S/C49H43N7O8/c1-28(2)39(45(59)63-3)51-48(62)55-36-25-20-29(13-12-26-54-37-19-11-10-18-35(37)52-53-54)27-34(36)49(47(55)61)38(44(50)58)41-46(60)64-42(31-16-8-5-9-17-31)40(30-14-6-4-7-15-30)56(41)43(49)32-21-23-33(57)24-22-32/h4-11,14-25,27-28,38-43,57H,26H2,1-3H3,(H2,50,58)(H,51,62)/t38-,39-,40-,41-,42+,43+,49-/m0/s1. The number of phenolic OH excluding ortho intramolecular Hbond substituents is 1. The molecule has 0 saturated carbocycles. The highest BCUT2D eigenvalue weighted by Crippen LogP contribution is 2.65. The number of rotatable bonds is 8. The Morgan fingerprint density at radius 1 is 0.875 bits per heavy atom. The molecule has 15 heteroatoms. The molecule has 4 amide bonds. The lowest BCUT2D eigenvalue weighted by atomic mass is 9.65. The van der Waals surface area contributed by atoms with E-state index in [1.807, 2.05) is 89.8 Å². The van der Waals surface area contributed by atoms with Gasteiger partial charge in [-0.3, -0.25) is 19.3 Å². The van der Waals surface area contributed by atoms with Crippen molar-refractivity contribution in [1.82, 2.24) is 25.2 Å². The van der Waals surface area contributed by atoms with E-state index in [1.54, 1.807) is 48.9 Å². The van der Waals surface area contributed by atoms with E-state index in [-0.39, 0.29) is 23.5 Å². The minimum Gasteiger partial charge on any atom is -0.508 e. The van der Waals surface area contributed by atoms with E-state index < -0.39 is 77.3 Å². The Hall–Kier alpha value is -7.83. The van der Waals surface area contributed by atoms with Gasteiger partial charge in [0, 0.05) is 5.56 Å². The summed E-state index contributed by atoms with van der Waals surface area (Å²) in [6.07, 6.45) is -0.942. The van der Waals surface area contributed by atoms with Gasteiger partial charge < -0.3 is 25.6 Å². The van der Waals surface area contributed by atoms with Crippen molar-refractivity contribution in [3.05, 3.63) is 155 Å². The molecule has 2 fully saturated rings. The number of aromatic hydroxyl groups is 1. The van der Waals surface area contributed by atoms with Gasteiger partial charge in [-0.1, -0.05) is 116 Å². The lowest BCUT2D eigenvalue weighted by Gasteiger charge is -2.46. The topological polar surface area (TPSA) is 199 Å². The predicted octanol–water partition coefficient (Wildman–Crippen LogP) is 5.25. The second-order valence-corrected chi connectivity index (χ2v) is 16.4. The predicted molar refractivity (Wildman–Crippen MR) is 233 cm³/mol. The number of anilines is 1. The highest BCUT2D eigenvalue weighted by atomic mass is 16.6. The number of ether oxygens (including phenoxy) is 2. The van der Waals surface area contributed by atoms with Crippen molar-refractivity contribution in [2.45, 2.75) is 56.1 Å². The first-order valence-electron chi connectivity index (χ1n) is 20.8. The molecule has 4 heterocycles. The van der Waals surface area contributed by atoms with Gasteiger partial charge in [-0.15, -0.1) is 5.10 Å². The van der Waals surface area contributed by atoms with Crippen molar-refractivity contribution < 1.29 is 38.6 Å². The number of methoxy groups -OCH3 is 1. The second kappa shape index (κ2) is 16.5. The van der Waals surface area contributed by atoms with E-state index in [9.17, 15) is 24.3 Å². The molecule has 3 aliphatic rings. The summed E-state index contributed by atoms with van der Waals surface area (Å²) in [5.41, 5.74) is 8.31. The maximum atomic E-state index is 16.1. The number of fused-ring (bicyclic) bond motifs is 4. The molecule has 7 atom stereocenters. The number of hydrogen-bond donors (Lipinski definition) is 3. The third-order valence-electron chi connectivity index (χ3n) is 12.5. The number of nitrogens with one attached hydrogen (secondary N) is 1. The molecule has 3 aliphatic heterocycles. The number of urea groups is 1. The van der Waals surface area contributed by atoms with Crippen LogP contribution in [0.25, 0.3) is 11.0 Å². The minimum atomic E-state index is -2.11. The van der Waals surface area contributed by atoms with Crippen LogP contribution in [-0.4, -0.2) is 74.0 Å². The molecule has 0 radical (unpaired) electrons. The van der Waals surface area contributed by atoms with Gasteiger partial charge in [0.2, 0.25) is 11.8 Å². The quantitative estimate of drug-likeness (QED) is 0.134. The Morgan fingerprint density at radius 2 is 1.55 bits per heavy atom. The Balaban J connectivity index is 1.29. The number of amides is 4. The molecule has 2 saturated heterocycles. The molecule has 0 aliphatic carbocycles. The van der Waals surface area contributed by atoms with Gasteiger partial charge in [-0.05, 0) is 70.6 Å². The first-order valence-corrected chi connectivity index (χ1v) is 20.8. The molecule has 6 aromatic rings. The number of primary amides is 1. The Kier molecular flexibility index (Phi) is 10.7. The number of phenols is 1.